The summed E-state index contributed by atoms with van der Waals surface area (Å²) in [6.45, 7) is 1.99. The molecule has 1 atom stereocenters. The van der Waals surface area contributed by atoms with E-state index in [-0.39, 0.29) is 5.92 Å². The lowest BCUT2D eigenvalue weighted by atomic mass is 10.0. The third-order valence-corrected chi connectivity index (χ3v) is 3.94. The van der Waals surface area contributed by atoms with Crippen molar-refractivity contribution in [3.8, 4) is 0 Å². The molecular weight excluding hydrogens is 333 g/mol. The first-order valence-corrected chi connectivity index (χ1v) is 6.68. The summed E-state index contributed by atoms with van der Waals surface area (Å²) >= 11 is 2.15. The molecule has 0 amide bonds. The molecule has 5 nitrogen and oxygen atoms in total. The van der Waals surface area contributed by atoms with Crippen LogP contribution in [0.3, 0.4) is 0 Å². The van der Waals surface area contributed by atoms with E-state index in [1.807, 2.05) is 0 Å². The normalized spacial score (nSPS) is 20.5. The highest BCUT2D eigenvalue weighted by Gasteiger charge is 2.21. The maximum Gasteiger partial charge on any atom is 0.141 e. The van der Waals surface area contributed by atoms with E-state index in [1.165, 1.54) is 0 Å². The Morgan fingerprint density at radius 1 is 1.53 bits per heavy atom. The monoisotopic (exact) mass is 349 g/mol. The van der Waals surface area contributed by atoms with Crippen molar-refractivity contribution < 1.29 is 9.47 Å². The van der Waals surface area contributed by atoms with E-state index in [0.717, 1.165) is 34.5 Å². The highest BCUT2D eigenvalue weighted by Crippen LogP contribution is 2.26. The van der Waals surface area contributed by atoms with Gasteiger partial charge in [0, 0.05) is 19.6 Å². The van der Waals surface area contributed by atoms with Crippen LogP contribution in [0.15, 0.2) is 0 Å². The Labute approximate surface area is 114 Å². The minimum absolute atomic E-state index is 0.263. The zero-order valence-electron chi connectivity index (χ0n) is 9.78. The molecule has 2 N–H and O–H groups in total. The van der Waals surface area contributed by atoms with Crippen LogP contribution in [0.5, 0.6) is 0 Å². The van der Waals surface area contributed by atoms with Crippen molar-refractivity contribution in [2.45, 2.75) is 25.4 Å². The van der Waals surface area contributed by atoms with Gasteiger partial charge in [0.25, 0.3) is 0 Å². The smallest absolute Gasteiger partial charge is 0.141 e. The highest BCUT2D eigenvalue weighted by molar-refractivity contribution is 14.1. The summed E-state index contributed by atoms with van der Waals surface area (Å²) in [4.78, 5) is 8.91. The Bertz CT molecular complexity index is 395. The molecule has 6 heteroatoms. The SMILES string of the molecule is COCc1nc(C2CCCOC2)nc(N)c1I. The standard InChI is InChI=1S/C11H16IN3O2/c1-16-6-8-9(12)10(13)15-11(14-8)7-3-2-4-17-5-7/h7H,2-6H2,1H3,(H2,13,14,15). The minimum atomic E-state index is 0.263. The summed E-state index contributed by atoms with van der Waals surface area (Å²) in [5.41, 5.74) is 6.77. The van der Waals surface area contributed by atoms with E-state index >= 15 is 0 Å². The Kier molecular flexibility index (Phi) is 4.52. The van der Waals surface area contributed by atoms with Crippen LogP contribution in [-0.2, 0) is 16.1 Å². The van der Waals surface area contributed by atoms with Gasteiger partial charge in [0.2, 0.25) is 0 Å². The van der Waals surface area contributed by atoms with Crippen LogP contribution in [0, 0.1) is 3.57 Å². The number of nitrogens with zero attached hydrogens (tertiary/aromatic N) is 2. The predicted octanol–water partition coefficient (Wildman–Crippen LogP) is 1.70. The number of halogens is 1. The lowest BCUT2D eigenvalue weighted by molar-refractivity contribution is 0.0778. The summed E-state index contributed by atoms with van der Waals surface area (Å²) in [5, 5.41) is 0. The van der Waals surface area contributed by atoms with Gasteiger partial charge < -0.3 is 15.2 Å². The maximum atomic E-state index is 5.90. The minimum Gasteiger partial charge on any atom is -0.383 e. The van der Waals surface area contributed by atoms with E-state index in [1.54, 1.807) is 7.11 Å². The largest absolute Gasteiger partial charge is 0.383 e. The van der Waals surface area contributed by atoms with Crippen molar-refractivity contribution in [1.82, 2.24) is 9.97 Å². The summed E-state index contributed by atoms with van der Waals surface area (Å²) in [7, 11) is 1.65. The van der Waals surface area contributed by atoms with Crippen LogP contribution in [0.2, 0.25) is 0 Å². The average Bonchev–Trinajstić information content (AvgIpc) is 2.36. The Morgan fingerprint density at radius 3 is 3.00 bits per heavy atom. The van der Waals surface area contributed by atoms with Crippen LogP contribution >= 0.6 is 22.6 Å². The molecule has 0 spiro atoms. The van der Waals surface area contributed by atoms with Gasteiger partial charge >= 0.3 is 0 Å². The van der Waals surface area contributed by atoms with Crippen LogP contribution in [-0.4, -0.2) is 30.3 Å². The lowest BCUT2D eigenvalue weighted by Crippen LogP contribution is -2.20. The predicted molar refractivity (Wildman–Crippen MR) is 72.7 cm³/mol. The third kappa shape index (κ3) is 3.05. The van der Waals surface area contributed by atoms with Gasteiger partial charge in [-0.25, -0.2) is 9.97 Å². The van der Waals surface area contributed by atoms with Crippen molar-refractivity contribution in [2.24, 2.45) is 0 Å². The zero-order valence-corrected chi connectivity index (χ0v) is 11.9. The fraction of sp³-hybridized carbons (Fsp3) is 0.636. The lowest BCUT2D eigenvalue weighted by Gasteiger charge is -2.21. The highest BCUT2D eigenvalue weighted by atomic mass is 127. The van der Waals surface area contributed by atoms with Crippen molar-refractivity contribution in [1.29, 1.82) is 0 Å². The molecule has 1 unspecified atom stereocenters. The number of hydrogen-bond donors (Lipinski definition) is 1. The second kappa shape index (κ2) is 5.92. The molecule has 0 aromatic carbocycles. The van der Waals surface area contributed by atoms with E-state index < -0.39 is 0 Å². The van der Waals surface area contributed by atoms with Gasteiger partial charge in [0.05, 0.1) is 22.5 Å². The first-order chi connectivity index (χ1) is 8.22. The molecular formula is C11H16IN3O2. The molecule has 0 aliphatic carbocycles. The Morgan fingerprint density at radius 2 is 2.35 bits per heavy atom. The molecule has 1 aromatic heterocycles. The van der Waals surface area contributed by atoms with Gasteiger partial charge in [-0.15, -0.1) is 0 Å². The molecule has 2 heterocycles. The number of hydrogen-bond acceptors (Lipinski definition) is 5. The Hall–Kier alpha value is -0.470. The van der Waals surface area contributed by atoms with E-state index in [2.05, 4.69) is 32.6 Å². The molecule has 0 bridgehead atoms. The van der Waals surface area contributed by atoms with Crippen LogP contribution in [0.25, 0.3) is 0 Å². The summed E-state index contributed by atoms with van der Waals surface area (Å²) in [6.07, 6.45) is 2.12. The van der Waals surface area contributed by atoms with Crippen LogP contribution in [0.4, 0.5) is 5.82 Å². The number of nitrogens with two attached hydrogens (primary N) is 1. The molecule has 1 fully saturated rings. The number of methoxy groups -OCH3 is 1. The fourth-order valence-electron chi connectivity index (χ4n) is 1.89. The maximum absolute atomic E-state index is 5.90. The second-order valence-electron chi connectivity index (χ2n) is 4.07. The first kappa shape index (κ1) is 13.0. The molecule has 17 heavy (non-hydrogen) atoms. The Balaban J connectivity index is 2.27. The molecule has 1 aliphatic heterocycles. The molecule has 1 aromatic rings. The van der Waals surface area contributed by atoms with Gasteiger partial charge in [-0.3, -0.25) is 0 Å². The van der Waals surface area contributed by atoms with E-state index in [4.69, 9.17) is 15.2 Å². The molecule has 94 valence electrons. The van der Waals surface area contributed by atoms with E-state index in [0.29, 0.717) is 19.0 Å². The molecule has 0 radical (unpaired) electrons. The number of aromatic nitrogens is 2. The quantitative estimate of drug-likeness (QED) is 0.842. The van der Waals surface area contributed by atoms with Crippen LogP contribution < -0.4 is 5.73 Å². The fourth-order valence-corrected chi connectivity index (χ4v) is 2.29. The average molecular weight is 349 g/mol. The molecule has 2 rings (SSSR count). The molecule has 0 saturated carbocycles. The van der Waals surface area contributed by atoms with Crippen molar-refractivity contribution >= 4 is 28.4 Å². The summed E-state index contributed by atoms with van der Waals surface area (Å²) in [5.74, 6) is 1.58. The van der Waals surface area contributed by atoms with Gasteiger partial charge in [-0.05, 0) is 35.4 Å². The van der Waals surface area contributed by atoms with E-state index in [9.17, 15) is 0 Å². The van der Waals surface area contributed by atoms with Crippen molar-refractivity contribution in [3.63, 3.8) is 0 Å². The van der Waals surface area contributed by atoms with Gasteiger partial charge in [-0.1, -0.05) is 0 Å². The molecule has 1 aliphatic rings. The van der Waals surface area contributed by atoms with Crippen molar-refractivity contribution in [3.05, 3.63) is 15.1 Å². The number of ether oxygens (including phenoxy) is 2. The summed E-state index contributed by atoms with van der Waals surface area (Å²) in [6, 6.07) is 0. The van der Waals surface area contributed by atoms with Crippen LogP contribution in [0.1, 0.15) is 30.3 Å². The summed E-state index contributed by atoms with van der Waals surface area (Å²) < 4.78 is 11.5. The topological polar surface area (TPSA) is 70.3 Å². The van der Waals surface area contributed by atoms with Gasteiger partial charge in [-0.2, -0.15) is 0 Å². The third-order valence-electron chi connectivity index (χ3n) is 2.77. The molecule has 1 saturated heterocycles. The zero-order chi connectivity index (χ0) is 12.3. The number of nitrogen functional groups attached to an aromatic ring is 1. The van der Waals surface area contributed by atoms with Crippen molar-refractivity contribution in [2.75, 3.05) is 26.1 Å². The first-order valence-electron chi connectivity index (χ1n) is 5.61. The number of rotatable bonds is 3. The van der Waals surface area contributed by atoms with Gasteiger partial charge in [0.15, 0.2) is 0 Å². The number of anilines is 1. The second-order valence-corrected chi connectivity index (χ2v) is 5.15. The van der Waals surface area contributed by atoms with Gasteiger partial charge in [0.1, 0.15) is 11.6 Å².